The Bertz CT molecular complexity index is 944. The van der Waals surface area contributed by atoms with Gasteiger partial charge in [-0.15, -0.1) is 0 Å². The van der Waals surface area contributed by atoms with Gasteiger partial charge >= 0.3 is 11.9 Å². The fourth-order valence-electron chi connectivity index (χ4n) is 4.25. The van der Waals surface area contributed by atoms with Gasteiger partial charge in [0, 0.05) is 22.8 Å². The summed E-state index contributed by atoms with van der Waals surface area (Å²) in [4.78, 5) is 19.2. The summed E-state index contributed by atoms with van der Waals surface area (Å²) >= 11 is 0. The second-order valence-electron chi connectivity index (χ2n) is 9.02. The quantitative estimate of drug-likeness (QED) is 0.452. The second kappa shape index (κ2) is 7.95. The predicted octanol–water partition coefficient (Wildman–Crippen LogP) is 4.87. The van der Waals surface area contributed by atoms with E-state index in [1.807, 2.05) is 0 Å². The molecule has 3 N–H and O–H groups in total. The minimum Gasteiger partial charge on any atom is -0.361 e. The molecule has 0 unspecified atom stereocenters. The van der Waals surface area contributed by atoms with Crippen LogP contribution in [0.3, 0.4) is 0 Å². The van der Waals surface area contributed by atoms with Crippen LogP contribution in [-0.2, 0) is 6.18 Å². The molecular weight excluding hydrogens is 413 g/mol. The van der Waals surface area contributed by atoms with E-state index >= 15 is 0 Å². The molecule has 0 radical (unpaired) electrons. The maximum Gasteiger partial charge on any atom is 0.416 e. The smallest absolute Gasteiger partial charge is 0.361 e. The van der Waals surface area contributed by atoms with Crippen molar-refractivity contribution in [3.63, 3.8) is 0 Å². The highest BCUT2D eigenvalue weighted by atomic mass is 19.4. The molecule has 0 spiro atoms. The molecule has 0 atom stereocenters. The van der Waals surface area contributed by atoms with Crippen LogP contribution in [0.1, 0.15) is 46.1 Å². The van der Waals surface area contributed by atoms with Gasteiger partial charge in [-0.1, -0.05) is 0 Å². The Labute approximate surface area is 177 Å². The summed E-state index contributed by atoms with van der Waals surface area (Å²) in [6, 6.07) is 4.11. The Morgan fingerprint density at radius 1 is 1.06 bits per heavy atom. The molecule has 31 heavy (non-hydrogen) atoms. The van der Waals surface area contributed by atoms with Crippen LogP contribution in [-0.4, -0.2) is 32.0 Å². The van der Waals surface area contributed by atoms with Gasteiger partial charge in [-0.05, 0) is 64.8 Å². The largest absolute Gasteiger partial charge is 0.416 e. The van der Waals surface area contributed by atoms with Crippen molar-refractivity contribution in [1.29, 1.82) is 0 Å². The van der Waals surface area contributed by atoms with E-state index in [1.165, 1.54) is 18.5 Å². The second-order valence-corrected chi connectivity index (χ2v) is 9.02. The number of nitrogens with zero attached hydrogens (tertiary/aromatic N) is 3. The lowest BCUT2D eigenvalue weighted by molar-refractivity contribution is -0.383. The monoisotopic (exact) mass is 438 g/mol. The summed E-state index contributed by atoms with van der Waals surface area (Å²) in [7, 11) is 0. The lowest BCUT2D eigenvalue weighted by atomic mass is 9.79. The molecule has 1 aromatic carbocycles. The highest BCUT2D eigenvalue weighted by Crippen LogP contribution is 2.36. The van der Waals surface area contributed by atoms with Gasteiger partial charge in [0.05, 0.1) is 10.5 Å². The number of alkyl halides is 3. The first-order valence-corrected chi connectivity index (χ1v) is 9.75. The summed E-state index contributed by atoms with van der Waals surface area (Å²) < 4.78 is 38.3. The molecule has 1 aliphatic rings. The minimum absolute atomic E-state index is 0.0629. The van der Waals surface area contributed by atoms with Crippen LogP contribution in [0.5, 0.6) is 0 Å². The standard InChI is InChI=1S/C20H25F3N6O2/c1-18(2)9-14(10-19(3,4)28-18)27-17-15(29(30)31)16(24-11-25-17)26-13-7-5-12(6-8-13)20(21,22)23/h5-8,11,14,28H,9-10H2,1-4H3,(H2,24,25,26,27). The molecule has 1 saturated heterocycles. The number of piperidine rings is 1. The van der Waals surface area contributed by atoms with Crippen LogP contribution in [0.15, 0.2) is 30.6 Å². The predicted molar refractivity (Wildman–Crippen MR) is 111 cm³/mol. The summed E-state index contributed by atoms with van der Waals surface area (Å²) in [5, 5.41) is 21.3. The van der Waals surface area contributed by atoms with Gasteiger partial charge < -0.3 is 16.0 Å². The zero-order chi connectivity index (χ0) is 23.0. The Balaban J connectivity index is 1.87. The van der Waals surface area contributed by atoms with E-state index in [4.69, 9.17) is 0 Å². The molecule has 3 rings (SSSR count). The molecule has 0 amide bonds. The van der Waals surface area contributed by atoms with Crippen molar-refractivity contribution in [2.45, 2.75) is 63.8 Å². The number of nitro groups is 1. The molecule has 1 aromatic heterocycles. The SMILES string of the molecule is CC1(C)CC(Nc2ncnc(Nc3ccc(C(F)(F)F)cc3)c2[N+](=O)[O-])CC(C)(C)N1. The molecule has 0 saturated carbocycles. The Morgan fingerprint density at radius 3 is 2.13 bits per heavy atom. The summed E-state index contributed by atoms with van der Waals surface area (Å²) in [5.74, 6) is -0.0392. The Morgan fingerprint density at radius 2 is 1.61 bits per heavy atom. The first kappa shape index (κ1) is 22.7. The molecule has 0 aliphatic carbocycles. The van der Waals surface area contributed by atoms with E-state index in [2.05, 4.69) is 53.6 Å². The van der Waals surface area contributed by atoms with Gasteiger partial charge in [0.2, 0.25) is 11.6 Å². The van der Waals surface area contributed by atoms with E-state index in [0.29, 0.717) is 0 Å². The van der Waals surface area contributed by atoms with E-state index in [9.17, 15) is 23.3 Å². The van der Waals surface area contributed by atoms with Crippen molar-refractivity contribution in [3.05, 3.63) is 46.3 Å². The van der Waals surface area contributed by atoms with Crippen molar-refractivity contribution in [2.75, 3.05) is 10.6 Å². The lowest BCUT2D eigenvalue weighted by Gasteiger charge is -2.46. The van der Waals surface area contributed by atoms with Gasteiger partial charge in [-0.25, -0.2) is 9.97 Å². The fraction of sp³-hybridized carbons (Fsp3) is 0.500. The summed E-state index contributed by atoms with van der Waals surface area (Å²) in [6.45, 7) is 8.26. The fourth-order valence-corrected chi connectivity index (χ4v) is 4.25. The molecule has 0 bridgehead atoms. The van der Waals surface area contributed by atoms with Crippen LogP contribution < -0.4 is 16.0 Å². The van der Waals surface area contributed by atoms with Crippen molar-refractivity contribution in [2.24, 2.45) is 0 Å². The van der Waals surface area contributed by atoms with Gasteiger partial charge in [-0.3, -0.25) is 10.1 Å². The zero-order valence-electron chi connectivity index (χ0n) is 17.7. The lowest BCUT2D eigenvalue weighted by Crippen LogP contribution is -2.60. The molecule has 168 valence electrons. The van der Waals surface area contributed by atoms with Crippen molar-refractivity contribution < 1.29 is 18.1 Å². The molecule has 8 nitrogen and oxygen atoms in total. The van der Waals surface area contributed by atoms with Crippen molar-refractivity contribution in [1.82, 2.24) is 15.3 Å². The highest BCUT2D eigenvalue weighted by Gasteiger charge is 2.39. The van der Waals surface area contributed by atoms with E-state index in [-0.39, 0.29) is 40.1 Å². The number of benzene rings is 1. The number of halogens is 3. The third-order valence-corrected chi connectivity index (χ3v) is 5.01. The molecule has 2 aromatic rings. The number of aromatic nitrogens is 2. The third kappa shape index (κ3) is 5.60. The van der Waals surface area contributed by atoms with Gasteiger partial charge in [0.15, 0.2) is 0 Å². The number of rotatable bonds is 5. The molecule has 1 fully saturated rings. The van der Waals surface area contributed by atoms with Gasteiger partial charge in [-0.2, -0.15) is 13.2 Å². The zero-order valence-corrected chi connectivity index (χ0v) is 17.7. The summed E-state index contributed by atoms with van der Waals surface area (Å²) in [6.07, 6.45) is -1.84. The minimum atomic E-state index is -4.47. The van der Waals surface area contributed by atoms with Crippen LogP contribution in [0.4, 0.5) is 36.2 Å². The first-order chi connectivity index (χ1) is 14.3. The Kier molecular flexibility index (Phi) is 5.83. The summed E-state index contributed by atoms with van der Waals surface area (Å²) in [5.41, 5.74) is -1.29. The molecule has 1 aliphatic heterocycles. The van der Waals surface area contributed by atoms with Crippen LogP contribution >= 0.6 is 0 Å². The number of nitrogens with one attached hydrogen (secondary N) is 3. The van der Waals surface area contributed by atoms with Gasteiger partial charge in [0.1, 0.15) is 6.33 Å². The number of hydrogen-bond acceptors (Lipinski definition) is 7. The van der Waals surface area contributed by atoms with E-state index in [1.54, 1.807) is 0 Å². The van der Waals surface area contributed by atoms with Crippen LogP contribution in [0, 0.1) is 10.1 Å². The average molecular weight is 438 g/mol. The maximum atomic E-state index is 12.8. The number of hydrogen-bond donors (Lipinski definition) is 3. The number of anilines is 3. The normalized spacial score (nSPS) is 18.4. The maximum absolute atomic E-state index is 12.8. The molecule has 2 heterocycles. The van der Waals surface area contributed by atoms with Crippen LogP contribution in [0.2, 0.25) is 0 Å². The molecular formula is C20H25F3N6O2. The van der Waals surface area contributed by atoms with E-state index < -0.39 is 16.7 Å². The first-order valence-electron chi connectivity index (χ1n) is 9.75. The van der Waals surface area contributed by atoms with Crippen LogP contribution in [0.25, 0.3) is 0 Å². The average Bonchev–Trinajstić information content (AvgIpc) is 2.58. The van der Waals surface area contributed by atoms with Crippen molar-refractivity contribution >= 4 is 23.0 Å². The van der Waals surface area contributed by atoms with Crippen molar-refractivity contribution in [3.8, 4) is 0 Å². The third-order valence-electron chi connectivity index (χ3n) is 5.01. The topological polar surface area (TPSA) is 105 Å². The van der Waals surface area contributed by atoms with E-state index in [0.717, 1.165) is 25.0 Å². The van der Waals surface area contributed by atoms with Gasteiger partial charge in [0.25, 0.3) is 0 Å². The Hall–Kier alpha value is -2.95. The highest BCUT2D eigenvalue weighted by molar-refractivity contribution is 5.74. The molecule has 11 heteroatoms.